The van der Waals surface area contributed by atoms with Crippen molar-refractivity contribution in [1.82, 2.24) is 4.31 Å². The average Bonchev–Trinajstić information content (AvgIpc) is 2.35. The Bertz CT molecular complexity index is 524. The molecule has 5 heteroatoms. The highest BCUT2D eigenvalue weighted by molar-refractivity contribution is 7.89. The van der Waals surface area contributed by atoms with Gasteiger partial charge in [-0.2, -0.15) is 4.31 Å². The molecule has 0 spiro atoms. The molecule has 0 aliphatic carbocycles. The number of nitrogens with two attached hydrogens (primary N) is 1. The first kappa shape index (κ1) is 16.1. The summed E-state index contributed by atoms with van der Waals surface area (Å²) in [6, 6.07) is 5.17. The van der Waals surface area contributed by atoms with E-state index in [4.69, 9.17) is 5.73 Å². The van der Waals surface area contributed by atoms with Gasteiger partial charge in [0.25, 0.3) is 0 Å². The van der Waals surface area contributed by atoms with Crippen molar-refractivity contribution >= 4 is 10.0 Å². The number of rotatable bonds is 6. The minimum absolute atomic E-state index is 0.300. The molecule has 0 unspecified atom stereocenters. The van der Waals surface area contributed by atoms with E-state index < -0.39 is 10.0 Å². The van der Waals surface area contributed by atoms with Gasteiger partial charge in [0.05, 0.1) is 4.90 Å². The third-order valence-electron chi connectivity index (χ3n) is 3.10. The molecule has 1 rings (SSSR count). The van der Waals surface area contributed by atoms with Crippen LogP contribution in [0.3, 0.4) is 0 Å². The molecule has 0 radical (unpaired) electrons. The van der Waals surface area contributed by atoms with Crippen molar-refractivity contribution in [3.8, 4) is 0 Å². The van der Waals surface area contributed by atoms with E-state index >= 15 is 0 Å². The smallest absolute Gasteiger partial charge is 0.243 e. The molecule has 1 aromatic rings. The van der Waals surface area contributed by atoms with Crippen LogP contribution in [0.5, 0.6) is 0 Å². The molecule has 4 nitrogen and oxygen atoms in total. The fraction of sp³-hybridized carbons (Fsp3) is 0.571. The lowest BCUT2D eigenvalue weighted by Crippen LogP contribution is -2.34. The van der Waals surface area contributed by atoms with Crippen LogP contribution < -0.4 is 5.73 Å². The molecule has 19 heavy (non-hydrogen) atoms. The second-order valence-corrected chi connectivity index (χ2v) is 7.08. The third kappa shape index (κ3) is 3.78. The van der Waals surface area contributed by atoms with Gasteiger partial charge in [0.15, 0.2) is 0 Å². The van der Waals surface area contributed by atoms with Crippen molar-refractivity contribution in [2.75, 3.05) is 13.1 Å². The fourth-order valence-electron chi connectivity index (χ4n) is 1.98. The molecule has 0 bridgehead atoms. The highest BCUT2D eigenvalue weighted by Crippen LogP contribution is 2.20. The molecule has 0 aliphatic heterocycles. The second kappa shape index (κ2) is 6.50. The first-order chi connectivity index (χ1) is 8.82. The average molecular weight is 284 g/mol. The van der Waals surface area contributed by atoms with Crippen LogP contribution in [-0.2, 0) is 16.6 Å². The third-order valence-corrected chi connectivity index (χ3v) is 5.04. The first-order valence-corrected chi connectivity index (χ1v) is 8.06. The normalized spacial score (nSPS) is 12.4. The number of aryl methyl sites for hydroxylation is 1. The van der Waals surface area contributed by atoms with E-state index in [1.54, 1.807) is 12.1 Å². The van der Waals surface area contributed by atoms with Gasteiger partial charge in [-0.15, -0.1) is 0 Å². The largest absolute Gasteiger partial charge is 0.326 e. The molecule has 0 aliphatic rings. The summed E-state index contributed by atoms with van der Waals surface area (Å²) in [6.07, 6.45) is 0. The minimum Gasteiger partial charge on any atom is -0.326 e. The maximum absolute atomic E-state index is 12.6. The lowest BCUT2D eigenvalue weighted by Gasteiger charge is -2.22. The summed E-state index contributed by atoms with van der Waals surface area (Å²) < 4.78 is 26.6. The van der Waals surface area contributed by atoms with Crippen LogP contribution in [0, 0.1) is 12.8 Å². The SMILES string of the molecule is CCN(CC(C)C)S(=O)(=O)c1ccc(C)c(CN)c1. The monoisotopic (exact) mass is 284 g/mol. The molecule has 0 amide bonds. The Balaban J connectivity index is 3.18. The summed E-state index contributed by atoms with van der Waals surface area (Å²) in [5.74, 6) is 0.300. The van der Waals surface area contributed by atoms with Crippen LogP contribution in [0.25, 0.3) is 0 Å². The Morgan fingerprint density at radius 1 is 1.32 bits per heavy atom. The highest BCUT2D eigenvalue weighted by Gasteiger charge is 2.24. The maximum atomic E-state index is 12.6. The summed E-state index contributed by atoms with van der Waals surface area (Å²) in [7, 11) is -3.42. The van der Waals surface area contributed by atoms with Gasteiger partial charge in [-0.25, -0.2) is 8.42 Å². The fourth-order valence-corrected chi connectivity index (χ4v) is 3.65. The van der Waals surface area contributed by atoms with Gasteiger partial charge in [-0.3, -0.25) is 0 Å². The molecular formula is C14H24N2O2S. The van der Waals surface area contributed by atoms with Crippen molar-refractivity contribution in [1.29, 1.82) is 0 Å². The van der Waals surface area contributed by atoms with Crippen LogP contribution in [0.4, 0.5) is 0 Å². The lowest BCUT2D eigenvalue weighted by atomic mass is 10.1. The summed E-state index contributed by atoms with van der Waals surface area (Å²) in [4.78, 5) is 0.334. The number of nitrogens with zero attached hydrogens (tertiary/aromatic N) is 1. The highest BCUT2D eigenvalue weighted by atomic mass is 32.2. The van der Waals surface area contributed by atoms with Gasteiger partial charge in [0, 0.05) is 19.6 Å². The van der Waals surface area contributed by atoms with Gasteiger partial charge >= 0.3 is 0 Å². The molecule has 2 N–H and O–H groups in total. The topological polar surface area (TPSA) is 63.4 Å². The van der Waals surface area contributed by atoms with Gasteiger partial charge in [-0.1, -0.05) is 26.8 Å². The summed E-state index contributed by atoms with van der Waals surface area (Å²) >= 11 is 0. The van der Waals surface area contributed by atoms with E-state index in [1.165, 1.54) is 4.31 Å². The molecule has 0 aromatic heterocycles. The number of hydrogen-bond acceptors (Lipinski definition) is 3. The Morgan fingerprint density at radius 2 is 1.95 bits per heavy atom. The number of hydrogen-bond donors (Lipinski definition) is 1. The predicted molar refractivity (Wildman–Crippen MR) is 78.3 cm³/mol. The number of sulfonamides is 1. The molecule has 0 saturated carbocycles. The molecule has 0 heterocycles. The van der Waals surface area contributed by atoms with E-state index in [0.717, 1.165) is 11.1 Å². The maximum Gasteiger partial charge on any atom is 0.243 e. The predicted octanol–water partition coefficient (Wildman–Crippen LogP) is 2.12. The zero-order valence-electron chi connectivity index (χ0n) is 12.2. The van der Waals surface area contributed by atoms with Crippen LogP contribution in [-0.4, -0.2) is 25.8 Å². The molecular weight excluding hydrogens is 260 g/mol. The van der Waals surface area contributed by atoms with Crippen molar-refractivity contribution in [2.24, 2.45) is 11.7 Å². The second-order valence-electron chi connectivity index (χ2n) is 5.14. The van der Waals surface area contributed by atoms with Gasteiger partial charge in [0.2, 0.25) is 10.0 Å². The molecule has 108 valence electrons. The summed E-state index contributed by atoms with van der Waals surface area (Å²) in [6.45, 7) is 9.18. The van der Waals surface area contributed by atoms with Crippen molar-refractivity contribution in [3.05, 3.63) is 29.3 Å². The number of benzene rings is 1. The molecule has 0 fully saturated rings. The quantitative estimate of drug-likeness (QED) is 0.870. The summed E-state index contributed by atoms with van der Waals surface area (Å²) in [5.41, 5.74) is 7.54. The van der Waals surface area contributed by atoms with E-state index in [-0.39, 0.29) is 0 Å². The zero-order chi connectivity index (χ0) is 14.6. The van der Waals surface area contributed by atoms with Crippen LogP contribution >= 0.6 is 0 Å². The minimum atomic E-state index is -3.42. The lowest BCUT2D eigenvalue weighted by molar-refractivity contribution is 0.381. The Kier molecular flexibility index (Phi) is 5.52. The van der Waals surface area contributed by atoms with Gasteiger partial charge < -0.3 is 5.73 Å². The van der Waals surface area contributed by atoms with Crippen LogP contribution in [0.15, 0.2) is 23.1 Å². The van der Waals surface area contributed by atoms with E-state index in [0.29, 0.717) is 30.4 Å². The standard InChI is InChI=1S/C14H24N2O2S/c1-5-16(10-11(2)3)19(17,18)14-7-6-12(4)13(8-14)9-15/h6-8,11H,5,9-10,15H2,1-4H3. The van der Waals surface area contributed by atoms with E-state index in [9.17, 15) is 8.42 Å². The molecule has 0 atom stereocenters. The van der Waals surface area contributed by atoms with Gasteiger partial charge in [0.1, 0.15) is 0 Å². The van der Waals surface area contributed by atoms with E-state index in [2.05, 4.69) is 0 Å². The van der Waals surface area contributed by atoms with E-state index in [1.807, 2.05) is 33.8 Å². The van der Waals surface area contributed by atoms with Crippen LogP contribution in [0.1, 0.15) is 31.9 Å². The van der Waals surface area contributed by atoms with Crippen molar-refractivity contribution < 1.29 is 8.42 Å². The van der Waals surface area contributed by atoms with Crippen molar-refractivity contribution in [3.63, 3.8) is 0 Å². The Labute approximate surface area is 116 Å². The molecule has 0 saturated heterocycles. The van der Waals surface area contributed by atoms with Crippen LogP contribution in [0.2, 0.25) is 0 Å². The zero-order valence-corrected chi connectivity index (χ0v) is 13.0. The summed E-state index contributed by atoms with van der Waals surface area (Å²) in [5, 5.41) is 0. The Hall–Kier alpha value is -0.910. The first-order valence-electron chi connectivity index (χ1n) is 6.62. The molecule has 1 aromatic carbocycles. The van der Waals surface area contributed by atoms with Crippen molar-refractivity contribution in [2.45, 2.75) is 39.1 Å². The van der Waals surface area contributed by atoms with Gasteiger partial charge in [-0.05, 0) is 36.1 Å². The Morgan fingerprint density at radius 3 is 2.42 bits per heavy atom.